The SMILES string of the molecule is C.CC(C)(C)CCCc1ccc(O)cc1. The molecule has 0 aliphatic rings. The topological polar surface area (TPSA) is 20.2 Å². The maximum Gasteiger partial charge on any atom is 0.115 e. The summed E-state index contributed by atoms with van der Waals surface area (Å²) in [5.74, 6) is 0.351. The van der Waals surface area contributed by atoms with Crippen molar-refractivity contribution in [2.45, 2.75) is 47.5 Å². The van der Waals surface area contributed by atoms with Gasteiger partial charge in [0.1, 0.15) is 5.75 Å². The molecule has 0 unspecified atom stereocenters. The summed E-state index contributed by atoms with van der Waals surface area (Å²) >= 11 is 0. The monoisotopic (exact) mass is 208 g/mol. The molecule has 0 aromatic heterocycles. The highest BCUT2D eigenvalue weighted by Crippen LogP contribution is 2.22. The average Bonchev–Trinajstić information content (AvgIpc) is 2.06. The Morgan fingerprint density at radius 3 is 2.07 bits per heavy atom. The summed E-state index contributed by atoms with van der Waals surface area (Å²) in [7, 11) is 0. The van der Waals surface area contributed by atoms with Gasteiger partial charge in [0.25, 0.3) is 0 Å². The van der Waals surface area contributed by atoms with E-state index in [-0.39, 0.29) is 7.43 Å². The molecule has 1 rings (SSSR count). The number of rotatable bonds is 3. The predicted molar refractivity (Wildman–Crippen MR) is 67.2 cm³/mol. The fourth-order valence-electron chi connectivity index (χ4n) is 1.49. The van der Waals surface area contributed by atoms with Crippen molar-refractivity contribution in [3.05, 3.63) is 29.8 Å². The van der Waals surface area contributed by atoms with Crippen LogP contribution in [-0.2, 0) is 6.42 Å². The highest BCUT2D eigenvalue weighted by atomic mass is 16.3. The Hall–Kier alpha value is -0.980. The standard InChI is InChI=1S/C13H20O.CH4/c1-13(2,3)10-4-5-11-6-8-12(14)9-7-11;/h6-9,14H,4-5,10H2,1-3H3;1H4. The van der Waals surface area contributed by atoms with Crippen LogP contribution in [-0.4, -0.2) is 5.11 Å². The predicted octanol–water partition coefficient (Wildman–Crippen LogP) is 4.40. The maximum atomic E-state index is 9.11. The van der Waals surface area contributed by atoms with E-state index in [0.717, 1.165) is 6.42 Å². The van der Waals surface area contributed by atoms with Crippen molar-refractivity contribution in [1.29, 1.82) is 0 Å². The number of phenols is 1. The van der Waals surface area contributed by atoms with Crippen molar-refractivity contribution < 1.29 is 5.11 Å². The van der Waals surface area contributed by atoms with Crippen molar-refractivity contribution in [2.75, 3.05) is 0 Å². The zero-order chi connectivity index (χ0) is 10.6. The highest BCUT2D eigenvalue weighted by molar-refractivity contribution is 5.25. The van der Waals surface area contributed by atoms with E-state index >= 15 is 0 Å². The van der Waals surface area contributed by atoms with Gasteiger partial charge in [-0.2, -0.15) is 0 Å². The molecule has 1 aromatic rings. The van der Waals surface area contributed by atoms with Crippen molar-refractivity contribution in [3.8, 4) is 5.75 Å². The van der Waals surface area contributed by atoms with Gasteiger partial charge < -0.3 is 5.11 Å². The van der Waals surface area contributed by atoms with Gasteiger partial charge in [-0.1, -0.05) is 40.3 Å². The minimum atomic E-state index is 0. The lowest BCUT2D eigenvalue weighted by molar-refractivity contribution is 0.365. The molecule has 15 heavy (non-hydrogen) atoms. The third kappa shape index (κ3) is 6.16. The van der Waals surface area contributed by atoms with Gasteiger partial charge in [-0.05, 0) is 42.4 Å². The van der Waals surface area contributed by atoms with Gasteiger partial charge in [0.05, 0.1) is 0 Å². The second-order valence-electron chi connectivity index (χ2n) is 5.08. The van der Waals surface area contributed by atoms with E-state index < -0.39 is 0 Å². The molecular weight excluding hydrogens is 184 g/mol. The fraction of sp³-hybridized carbons (Fsp3) is 0.571. The summed E-state index contributed by atoms with van der Waals surface area (Å²) in [5.41, 5.74) is 1.74. The Morgan fingerprint density at radius 2 is 1.60 bits per heavy atom. The Kier molecular flexibility index (Phi) is 5.41. The quantitative estimate of drug-likeness (QED) is 0.780. The van der Waals surface area contributed by atoms with Crippen molar-refractivity contribution in [3.63, 3.8) is 0 Å². The zero-order valence-corrected chi connectivity index (χ0v) is 9.38. The molecule has 0 bridgehead atoms. The second-order valence-corrected chi connectivity index (χ2v) is 5.08. The van der Waals surface area contributed by atoms with Crippen LogP contribution >= 0.6 is 0 Å². The van der Waals surface area contributed by atoms with E-state index in [9.17, 15) is 0 Å². The minimum Gasteiger partial charge on any atom is -0.508 e. The van der Waals surface area contributed by atoms with Crippen LogP contribution in [0.15, 0.2) is 24.3 Å². The van der Waals surface area contributed by atoms with E-state index in [1.165, 1.54) is 18.4 Å². The zero-order valence-electron chi connectivity index (χ0n) is 9.38. The average molecular weight is 208 g/mol. The van der Waals surface area contributed by atoms with Crippen LogP contribution in [0.25, 0.3) is 0 Å². The van der Waals surface area contributed by atoms with Crippen molar-refractivity contribution in [1.82, 2.24) is 0 Å². The van der Waals surface area contributed by atoms with Crippen molar-refractivity contribution >= 4 is 0 Å². The molecule has 0 fully saturated rings. The van der Waals surface area contributed by atoms with Gasteiger partial charge in [-0.3, -0.25) is 0 Å². The lowest BCUT2D eigenvalue weighted by Gasteiger charge is -2.17. The van der Waals surface area contributed by atoms with Crippen LogP contribution in [0.5, 0.6) is 5.75 Å². The molecule has 0 spiro atoms. The first kappa shape index (κ1) is 14.0. The van der Waals surface area contributed by atoms with Gasteiger partial charge in [-0.25, -0.2) is 0 Å². The van der Waals surface area contributed by atoms with Gasteiger partial charge >= 0.3 is 0 Å². The summed E-state index contributed by atoms with van der Waals surface area (Å²) in [6, 6.07) is 7.51. The number of aryl methyl sites for hydroxylation is 1. The molecule has 0 aliphatic heterocycles. The van der Waals surface area contributed by atoms with Crippen molar-refractivity contribution in [2.24, 2.45) is 5.41 Å². The molecule has 86 valence electrons. The van der Waals surface area contributed by atoms with E-state index in [0.29, 0.717) is 11.2 Å². The summed E-state index contributed by atoms with van der Waals surface area (Å²) in [5, 5.41) is 9.11. The molecule has 1 nitrogen and oxygen atoms in total. The van der Waals surface area contributed by atoms with Crippen LogP contribution in [0.2, 0.25) is 0 Å². The first-order valence-electron chi connectivity index (χ1n) is 5.25. The molecule has 0 saturated heterocycles. The highest BCUT2D eigenvalue weighted by Gasteiger charge is 2.08. The Bertz CT molecular complexity index is 266. The maximum absolute atomic E-state index is 9.11. The number of hydrogen-bond donors (Lipinski definition) is 1. The second kappa shape index (κ2) is 5.79. The van der Waals surface area contributed by atoms with Gasteiger partial charge in [-0.15, -0.1) is 0 Å². The third-order valence-electron chi connectivity index (χ3n) is 2.33. The normalized spacial score (nSPS) is 10.9. The third-order valence-corrected chi connectivity index (χ3v) is 2.33. The molecule has 0 atom stereocenters. The van der Waals surface area contributed by atoms with Gasteiger partial charge in [0.15, 0.2) is 0 Å². The van der Waals surface area contributed by atoms with Crippen LogP contribution in [0.3, 0.4) is 0 Å². The number of phenolic OH excluding ortho intramolecular Hbond substituents is 1. The molecule has 0 aliphatic carbocycles. The van der Waals surface area contributed by atoms with Gasteiger partial charge in [0.2, 0.25) is 0 Å². The minimum absolute atomic E-state index is 0. The summed E-state index contributed by atoms with van der Waals surface area (Å²) in [6.07, 6.45) is 3.57. The number of hydrogen-bond acceptors (Lipinski definition) is 1. The number of aromatic hydroxyl groups is 1. The van der Waals surface area contributed by atoms with E-state index in [1.807, 2.05) is 12.1 Å². The lowest BCUT2D eigenvalue weighted by atomic mass is 9.89. The van der Waals surface area contributed by atoms with E-state index in [2.05, 4.69) is 20.8 Å². The largest absolute Gasteiger partial charge is 0.508 e. The molecule has 0 radical (unpaired) electrons. The summed E-state index contributed by atoms with van der Waals surface area (Å²) in [6.45, 7) is 6.80. The molecule has 0 amide bonds. The van der Waals surface area contributed by atoms with Crippen LogP contribution in [0, 0.1) is 5.41 Å². The summed E-state index contributed by atoms with van der Waals surface area (Å²) < 4.78 is 0. The summed E-state index contributed by atoms with van der Waals surface area (Å²) in [4.78, 5) is 0. The van der Waals surface area contributed by atoms with Gasteiger partial charge in [0, 0.05) is 0 Å². The van der Waals surface area contributed by atoms with E-state index in [1.54, 1.807) is 12.1 Å². The number of benzene rings is 1. The smallest absolute Gasteiger partial charge is 0.115 e. The lowest BCUT2D eigenvalue weighted by Crippen LogP contribution is -2.04. The molecular formula is C14H24O. The van der Waals surface area contributed by atoms with Crippen LogP contribution in [0.1, 0.15) is 46.6 Å². The Labute approximate surface area is 94.2 Å². The first-order chi connectivity index (χ1) is 6.47. The molecule has 0 saturated carbocycles. The molecule has 1 N–H and O–H groups in total. The molecule has 0 heterocycles. The van der Waals surface area contributed by atoms with E-state index in [4.69, 9.17) is 5.11 Å². The molecule has 1 aromatic carbocycles. The fourth-order valence-corrected chi connectivity index (χ4v) is 1.49. The van der Waals surface area contributed by atoms with Crippen LogP contribution in [0.4, 0.5) is 0 Å². The first-order valence-corrected chi connectivity index (χ1v) is 5.25. The Balaban J connectivity index is 0.00000196. The van der Waals surface area contributed by atoms with Crippen LogP contribution < -0.4 is 0 Å². The molecule has 1 heteroatoms. The Morgan fingerprint density at radius 1 is 1.07 bits per heavy atom.